The van der Waals surface area contributed by atoms with E-state index in [9.17, 15) is 13.2 Å². The molecule has 1 aromatic carbocycles. The van der Waals surface area contributed by atoms with Crippen molar-refractivity contribution >= 4 is 37.6 Å². The van der Waals surface area contributed by atoms with Gasteiger partial charge < -0.3 is 4.74 Å². The topological polar surface area (TPSA) is 72.5 Å². The molecule has 0 radical (unpaired) electrons. The maximum absolute atomic E-state index is 13.0. The fourth-order valence-electron chi connectivity index (χ4n) is 3.03. The number of rotatable bonds is 10. The minimum atomic E-state index is -3.76. The highest BCUT2D eigenvalue weighted by Gasteiger charge is 2.18. The van der Waals surface area contributed by atoms with Crippen LogP contribution in [0, 0.1) is 0 Å². The fraction of sp³-hybridized carbons (Fsp3) is 0.240. The largest absolute Gasteiger partial charge is 0.466 e. The molecule has 0 unspecified atom stereocenters. The van der Waals surface area contributed by atoms with Gasteiger partial charge in [0.1, 0.15) is 0 Å². The van der Waals surface area contributed by atoms with Crippen LogP contribution in [0.5, 0.6) is 0 Å². The zero-order valence-corrected chi connectivity index (χ0v) is 20.7. The average molecular weight is 518 g/mol. The zero-order valence-electron chi connectivity index (χ0n) is 18.3. The van der Waals surface area contributed by atoms with Gasteiger partial charge in [0.2, 0.25) is 0 Å². The molecule has 1 aromatic rings. The number of hydrogen-bond acceptors (Lipinski definition) is 4. The van der Waals surface area contributed by atoms with E-state index in [-0.39, 0.29) is 23.7 Å². The molecular formula is C25H28BrNO4S. The summed E-state index contributed by atoms with van der Waals surface area (Å²) in [4.78, 5) is 12.0. The summed E-state index contributed by atoms with van der Waals surface area (Å²) in [6, 6.07) is 6.76. The Morgan fingerprint density at radius 2 is 2.03 bits per heavy atom. The summed E-state index contributed by atoms with van der Waals surface area (Å²) in [6.07, 6.45) is 14.3. The van der Waals surface area contributed by atoms with Gasteiger partial charge in [-0.3, -0.25) is 9.52 Å². The Labute approximate surface area is 199 Å². The van der Waals surface area contributed by atoms with Crippen molar-refractivity contribution in [3.63, 3.8) is 0 Å². The molecule has 7 heteroatoms. The molecule has 170 valence electrons. The van der Waals surface area contributed by atoms with Crippen molar-refractivity contribution in [1.29, 1.82) is 0 Å². The van der Waals surface area contributed by atoms with E-state index in [0.29, 0.717) is 17.9 Å². The van der Waals surface area contributed by atoms with Crippen LogP contribution in [0.4, 0.5) is 5.69 Å². The van der Waals surface area contributed by atoms with E-state index < -0.39 is 10.0 Å². The average Bonchev–Trinajstić information content (AvgIpc) is 2.98. The number of ether oxygens (including phenoxy) is 1. The highest BCUT2D eigenvalue weighted by atomic mass is 79.9. The number of benzene rings is 1. The number of nitrogens with one attached hydrogen (secondary N) is 1. The van der Waals surface area contributed by atoms with Crippen LogP contribution in [0.2, 0.25) is 0 Å². The Morgan fingerprint density at radius 1 is 1.25 bits per heavy atom. The van der Waals surface area contributed by atoms with Crippen LogP contribution in [-0.2, 0) is 26.0 Å². The summed E-state index contributed by atoms with van der Waals surface area (Å²) in [5.41, 5.74) is 2.97. The standard InChI is InChI=1S/C25H28BrNO4S/c1-4-8-21(14-13-19(3)26)22-10-7-12-24(16-15-22)32(29,30)27-23-11-6-9-20(17-23)18-25(28)31-5-2/h6-11,13-17,27H,3-5,12,18H2,1-2H3/b14-13-,21-8+. The summed E-state index contributed by atoms with van der Waals surface area (Å²) in [5.74, 6) is -0.352. The molecular weight excluding hydrogens is 490 g/mol. The molecule has 1 aliphatic rings. The first-order valence-electron chi connectivity index (χ1n) is 10.3. The van der Waals surface area contributed by atoms with Gasteiger partial charge in [0.05, 0.1) is 17.9 Å². The first-order chi connectivity index (χ1) is 15.2. The van der Waals surface area contributed by atoms with E-state index in [1.807, 2.05) is 31.2 Å². The third-order valence-electron chi connectivity index (χ3n) is 4.44. The second kappa shape index (κ2) is 12.4. The molecule has 1 aliphatic carbocycles. The highest BCUT2D eigenvalue weighted by Crippen LogP contribution is 2.24. The summed E-state index contributed by atoms with van der Waals surface area (Å²) in [5, 5.41) is 0. The van der Waals surface area contributed by atoms with Crippen molar-refractivity contribution in [3.05, 3.63) is 99.5 Å². The maximum atomic E-state index is 13.0. The predicted molar refractivity (Wildman–Crippen MR) is 135 cm³/mol. The molecule has 0 aromatic heterocycles. The van der Waals surface area contributed by atoms with E-state index in [4.69, 9.17) is 4.74 Å². The number of sulfonamides is 1. The van der Waals surface area contributed by atoms with Crippen molar-refractivity contribution in [3.8, 4) is 0 Å². The Kier molecular flexibility index (Phi) is 9.94. The molecule has 0 bridgehead atoms. The minimum Gasteiger partial charge on any atom is -0.466 e. The van der Waals surface area contributed by atoms with Crippen LogP contribution in [0.1, 0.15) is 32.3 Å². The van der Waals surface area contributed by atoms with Crippen molar-refractivity contribution in [2.24, 2.45) is 0 Å². The second-order valence-corrected chi connectivity index (χ2v) is 9.75. The second-order valence-electron chi connectivity index (χ2n) is 7.00. The van der Waals surface area contributed by atoms with Crippen molar-refractivity contribution in [2.45, 2.75) is 33.1 Å². The number of anilines is 1. The van der Waals surface area contributed by atoms with E-state index >= 15 is 0 Å². The van der Waals surface area contributed by atoms with E-state index in [1.54, 1.807) is 43.3 Å². The van der Waals surface area contributed by atoms with Gasteiger partial charge >= 0.3 is 5.97 Å². The van der Waals surface area contributed by atoms with Crippen LogP contribution in [-0.4, -0.2) is 21.0 Å². The molecule has 5 nitrogen and oxygen atoms in total. The molecule has 32 heavy (non-hydrogen) atoms. The number of halogens is 1. The first kappa shape index (κ1) is 25.6. The Morgan fingerprint density at radius 3 is 2.72 bits per heavy atom. The third kappa shape index (κ3) is 8.13. The minimum absolute atomic E-state index is 0.0851. The van der Waals surface area contributed by atoms with Crippen LogP contribution in [0.3, 0.4) is 0 Å². The lowest BCUT2D eigenvalue weighted by atomic mass is 10.0. The van der Waals surface area contributed by atoms with E-state index in [1.165, 1.54) is 0 Å². The lowest BCUT2D eigenvalue weighted by Crippen LogP contribution is -2.15. The van der Waals surface area contributed by atoms with Crippen LogP contribution >= 0.6 is 15.9 Å². The SMILES string of the molecule is C=C(Br)/C=C\C(=C/CC)C1=CC=C(S(=O)(=O)Nc2cccc(CC(=O)OCC)c2)CC=C1. The molecule has 2 rings (SSSR count). The number of allylic oxidation sites excluding steroid dienone is 11. The molecule has 0 fully saturated rings. The summed E-state index contributed by atoms with van der Waals surface area (Å²) >= 11 is 3.32. The monoisotopic (exact) mass is 517 g/mol. The molecule has 0 saturated carbocycles. The smallest absolute Gasteiger partial charge is 0.310 e. The lowest BCUT2D eigenvalue weighted by Gasteiger charge is -2.11. The van der Waals surface area contributed by atoms with Crippen molar-refractivity contribution in [2.75, 3.05) is 11.3 Å². The molecule has 1 N–H and O–H groups in total. The molecule has 0 saturated heterocycles. The van der Waals surface area contributed by atoms with Gasteiger partial charge in [-0.2, -0.15) is 0 Å². The maximum Gasteiger partial charge on any atom is 0.310 e. The fourth-order valence-corrected chi connectivity index (χ4v) is 4.29. The highest BCUT2D eigenvalue weighted by molar-refractivity contribution is 9.11. The van der Waals surface area contributed by atoms with Gasteiger partial charge in [-0.25, -0.2) is 8.42 Å². The predicted octanol–water partition coefficient (Wildman–Crippen LogP) is 6.11. The number of carbonyl (C=O) groups excluding carboxylic acids is 1. The summed E-state index contributed by atoms with van der Waals surface area (Å²) in [6.45, 7) is 7.90. The number of carbonyl (C=O) groups is 1. The van der Waals surface area contributed by atoms with Crippen LogP contribution in [0.25, 0.3) is 0 Å². The van der Waals surface area contributed by atoms with Gasteiger partial charge in [0, 0.05) is 16.6 Å². The Balaban J connectivity index is 2.24. The van der Waals surface area contributed by atoms with Crippen molar-refractivity contribution < 1.29 is 17.9 Å². The molecule has 0 amide bonds. The van der Waals surface area contributed by atoms with E-state index in [2.05, 4.69) is 33.3 Å². The van der Waals surface area contributed by atoms with Gasteiger partial charge in [0.25, 0.3) is 10.0 Å². The van der Waals surface area contributed by atoms with Gasteiger partial charge in [-0.05, 0) is 54.3 Å². The summed E-state index contributed by atoms with van der Waals surface area (Å²) < 4.78 is 34.3. The van der Waals surface area contributed by atoms with Gasteiger partial charge in [0.15, 0.2) is 0 Å². The summed E-state index contributed by atoms with van der Waals surface area (Å²) in [7, 11) is -3.76. The molecule has 0 heterocycles. The normalized spacial score (nSPS) is 14.5. The van der Waals surface area contributed by atoms with E-state index in [0.717, 1.165) is 22.0 Å². The van der Waals surface area contributed by atoms with Gasteiger partial charge in [-0.1, -0.05) is 71.9 Å². The molecule has 0 aliphatic heterocycles. The first-order valence-corrected chi connectivity index (χ1v) is 12.6. The van der Waals surface area contributed by atoms with Crippen molar-refractivity contribution in [1.82, 2.24) is 0 Å². The Hall–Kier alpha value is -2.64. The zero-order chi connectivity index (χ0) is 23.6. The number of hydrogen-bond donors (Lipinski definition) is 1. The lowest BCUT2D eigenvalue weighted by molar-refractivity contribution is -0.142. The molecule has 0 spiro atoms. The number of esters is 1. The van der Waals surface area contributed by atoms with Crippen LogP contribution in [0.15, 0.2) is 93.9 Å². The third-order valence-corrected chi connectivity index (χ3v) is 6.21. The van der Waals surface area contributed by atoms with Gasteiger partial charge in [-0.15, -0.1) is 0 Å². The molecule has 0 atom stereocenters. The quantitative estimate of drug-likeness (QED) is 0.300. The van der Waals surface area contributed by atoms with Crippen LogP contribution < -0.4 is 4.72 Å². The Bertz CT molecular complexity index is 1110.